The molecule has 0 spiro atoms. The molecule has 0 saturated carbocycles. The summed E-state index contributed by atoms with van der Waals surface area (Å²) in [7, 11) is 0. The lowest BCUT2D eigenvalue weighted by Gasteiger charge is -2.22. The van der Waals surface area contributed by atoms with Crippen LogP contribution in [0.3, 0.4) is 0 Å². The number of aromatic nitrogens is 2. The minimum absolute atomic E-state index is 0.0753. The van der Waals surface area contributed by atoms with Crippen LogP contribution in [0.4, 0.5) is 26.3 Å². The lowest BCUT2D eigenvalue weighted by Crippen LogP contribution is -2.13. The normalized spacial score (nSPS) is 11.9. The number of nitrogens with zero attached hydrogens (tertiary/aromatic N) is 5. The third kappa shape index (κ3) is 6.32. The minimum Gasteiger partial charge on any atom is -0.309 e. The van der Waals surface area contributed by atoms with Gasteiger partial charge in [0.05, 0.1) is 73.4 Å². The molecule has 0 amide bonds. The van der Waals surface area contributed by atoms with Crippen molar-refractivity contribution < 1.29 is 26.3 Å². The fraction of sp³-hybridized carbons (Fsp3) is 0.0377. The summed E-state index contributed by atoms with van der Waals surface area (Å²) in [5, 5.41) is 33.7. The standard InChI is InChI=1S/C53H27F6N5/c54-52(55,56)36-19-20-39(45(26-36)53(57,58)59)44-27-50(63-46-15-7-5-13-40(46)42-23-31(17-21-48(42)63)37-11-3-1-9-33(37)28-60)35(30-62)25-51(44)64-47-16-8-6-14-41(47)43-24-32(18-22-49(43)64)38-12-4-2-10-34(38)29-61/h1-27H. The number of benzene rings is 8. The van der Waals surface area contributed by atoms with E-state index in [1.54, 1.807) is 63.7 Å². The maximum atomic E-state index is 15.2. The van der Waals surface area contributed by atoms with Crippen molar-refractivity contribution in [2.75, 3.05) is 0 Å². The summed E-state index contributed by atoms with van der Waals surface area (Å²) in [6, 6.07) is 51.1. The average molecular weight is 848 g/mol. The number of hydrogen-bond donors (Lipinski definition) is 0. The Hall–Kier alpha value is -8.59. The first-order valence-corrected chi connectivity index (χ1v) is 19.8. The van der Waals surface area contributed by atoms with E-state index >= 15 is 13.2 Å². The highest BCUT2D eigenvalue weighted by Gasteiger charge is 2.39. The van der Waals surface area contributed by atoms with Crippen molar-refractivity contribution in [3.05, 3.63) is 192 Å². The van der Waals surface area contributed by atoms with Gasteiger partial charge >= 0.3 is 12.4 Å². The maximum Gasteiger partial charge on any atom is 0.417 e. The van der Waals surface area contributed by atoms with Crippen molar-refractivity contribution in [3.8, 4) is 63.0 Å². The van der Waals surface area contributed by atoms with Gasteiger partial charge in [0.1, 0.15) is 6.07 Å². The van der Waals surface area contributed by atoms with Crippen LogP contribution in [-0.4, -0.2) is 9.13 Å². The predicted molar refractivity (Wildman–Crippen MR) is 236 cm³/mol. The van der Waals surface area contributed by atoms with Crippen LogP contribution >= 0.6 is 0 Å². The van der Waals surface area contributed by atoms with E-state index < -0.39 is 29.0 Å². The number of para-hydroxylation sites is 2. The minimum atomic E-state index is -5.23. The van der Waals surface area contributed by atoms with E-state index in [1.165, 1.54) is 12.1 Å². The number of fused-ring (bicyclic) bond motifs is 6. The SMILES string of the molecule is N#Cc1ccccc1-c1ccc2c(c1)c1ccccc1n2-c1cc(-c2ccc(C(F)(F)F)cc2C(F)(F)F)c(-n2c3ccccc3c3cc(-c4ccccc4C#N)ccc32)cc1C#N. The topological polar surface area (TPSA) is 81.2 Å². The second-order valence-corrected chi connectivity index (χ2v) is 15.2. The van der Waals surface area contributed by atoms with Crippen LogP contribution in [0.1, 0.15) is 27.8 Å². The molecule has 0 radical (unpaired) electrons. The molecule has 0 aliphatic heterocycles. The maximum absolute atomic E-state index is 15.2. The zero-order chi connectivity index (χ0) is 44.5. The Morgan fingerprint density at radius 1 is 0.359 bits per heavy atom. The van der Waals surface area contributed by atoms with Gasteiger partial charge in [0.25, 0.3) is 0 Å². The van der Waals surface area contributed by atoms with Gasteiger partial charge in [-0.1, -0.05) is 91.0 Å². The zero-order valence-electron chi connectivity index (χ0n) is 33.1. The molecule has 0 unspecified atom stereocenters. The molecule has 64 heavy (non-hydrogen) atoms. The van der Waals surface area contributed by atoms with Gasteiger partial charge in [-0.3, -0.25) is 0 Å². The number of alkyl halides is 6. The summed E-state index contributed by atoms with van der Waals surface area (Å²) >= 11 is 0. The summed E-state index contributed by atoms with van der Waals surface area (Å²) < 4.78 is 91.6. The quantitative estimate of drug-likeness (QED) is 0.162. The number of hydrogen-bond acceptors (Lipinski definition) is 3. The molecule has 10 rings (SSSR count). The summed E-state index contributed by atoms with van der Waals surface area (Å²) in [5.41, 5.74) is 2.87. The molecule has 2 aromatic heterocycles. The lowest BCUT2D eigenvalue weighted by molar-refractivity contribution is -0.142. The first kappa shape index (κ1) is 39.5. The van der Waals surface area contributed by atoms with E-state index in [2.05, 4.69) is 18.2 Å². The highest BCUT2D eigenvalue weighted by atomic mass is 19.4. The van der Waals surface area contributed by atoms with Gasteiger partial charge in [0, 0.05) is 27.1 Å². The van der Waals surface area contributed by atoms with E-state index in [4.69, 9.17) is 0 Å². The van der Waals surface area contributed by atoms with Crippen LogP contribution in [0.5, 0.6) is 0 Å². The Morgan fingerprint density at radius 3 is 1.33 bits per heavy atom. The molecule has 0 aliphatic carbocycles. The molecule has 0 atom stereocenters. The molecule has 11 heteroatoms. The fourth-order valence-corrected chi connectivity index (χ4v) is 8.91. The largest absolute Gasteiger partial charge is 0.417 e. The van der Waals surface area contributed by atoms with Crippen LogP contribution < -0.4 is 0 Å². The monoisotopic (exact) mass is 847 g/mol. The number of rotatable bonds is 5. The van der Waals surface area contributed by atoms with Crippen molar-refractivity contribution >= 4 is 43.6 Å². The van der Waals surface area contributed by atoms with Crippen molar-refractivity contribution in [1.82, 2.24) is 9.13 Å². The molecule has 0 N–H and O–H groups in total. The molecule has 10 aromatic rings. The van der Waals surface area contributed by atoms with Gasteiger partial charge in [-0.05, 0) is 101 Å². The predicted octanol–water partition coefficient (Wildman–Crippen LogP) is 14.5. The van der Waals surface area contributed by atoms with Crippen LogP contribution in [0, 0.1) is 34.0 Å². The Bertz CT molecular complexity index is 3700. The van der Waals surface area contributed by atoms with Crippen LogP contribution in [0.25, 0.3) is 88.4 Å². The van der Waals surface area contributed by atoms with Crippen LogP contribution in [-0.2, 0) is 12.4 Å². The first-order valence-electron chi connectivity index (χ1n) is 19.8. The van der Waals surface area contributed by atoms with Gasteiger partial charge in [-0.2, -0.15) is 42.1 Å². The highest BCUT2D eigenvalue weighted by molar-refractivity contribution is 6.12. The molecule has 2 heterocycles. The summed E-state index contributed by atoms with van der Waals surface area (Å²) in [5.74, 6) is 0. The smallest absolute Gasteiger partial charge is 0.309 e. The third-order valence-electron chi connectivity index (χ3n) is 11.7. The summed E-state index contributed by atoms with van der Waals surface area (Å²) in [6.45, 7) is 0. The van der Waals surface area contributed by atoms with Crippen LogP contribution in [0.2, 0.25) is 0 Å². The molecule has 8 aromatic carbocycles. The second kappa shape index (κ2) is 14.8. The Labute approximate surface area is 360 Å². The van der Waals surface area contributed by atoms with E-state index in [0.29, 0.717) is 66.7 Å². The summed E-state index contributed by atoms with van der Waals surface area (Å²) in [6.07, 6.45) is -10.3. The van der Waals surface area contributed by atoms with Crippen molar-refractivity contribution in [2.45, 2.75) is 12.4 Å². The van der Waals surface area contributed by atoms with Gasteiger partial charge in [-0.15, -0.1) is 0 Å². The number of nitriles is 3. The van der Waals surface area contributed by atoms with Crippen molar-refractivity contribution in [3.63, 3.8) is 0 Å². The third-order valence-corrected chi connectivity index (χ3v) is 11.7. The lowest BCUT2D eigenvalue weighted by atomic mass is 9.93. The highest BCUT2D eigenvalue weighted by Crippen LogP contribution is 2.47. The first-order chi connectivity index (χ1) is 30.9. The molecule has 0 bridgehead atoms. The molecular formula is C53H27F6N5. The second-order valence-electron chi connectivity index (χ2n) is 15.2. The molecule has 5 nitrogen and oxygen atoms in total. The van der Waals surface area contributed by atoms with E-state index in [1.807, 2.05) is 78.9 Å². The Morgan fingerprint density at radius 2 is 0.828 bits per heavy atom. The van der Waals surface area contributed by atoms with Gasteiger partial charge in [0.2, 0.25) is 0 Å². The van der Waals surface area contributed by atoms with Gasteiger partial charge in [-0.25, -0.2) is 0 Å². The zero-order valence-corrected chi connectivity index (χ0v) is 33.1. The van der Waals surface area contributed by atoms with Gasteiger partial charge in [0.15, 0.2) is 0 Å². The number of halogens is 6. The van der Waals surface area contributed by atoms with E-state index in [0.717, 1.165) is 22.4 Å². The van der Waals surface area contributed by atoms with Crippen molar-refractivity contribution in [2.24, 2.45) is 0 Å². The van der Waals surface area contributed by atoms with Crippen molar-refractivity contribution in [1.29, 1.82) is 15.8 Å². The van der Waals surface area contributed by atoms with E-state index in [9.17, 15) is 29.0 Å². The van der Waals surface area contributed by atoms with Gasteiger partial charge < -0.3 is 9.13 Å². The molecule has 0 aliphatic rings. The van der Waals surface area contributed by atoms with E-state index in [-0.39, 0.29) is 28.6 Å². The average Bonchev–Trinajstić information content (AvgIpc) is 3.82. The molecule has 0 fully saturated rings. The molecule has 0 saturated heterocycles. The Balaban J connectivity index is 1.31. The Kier molecular flexibility index (Phi) is 9.14. The summed E-state index contributed by atoms with van der Waals surface area (Å²) in [4.78, 5) is 0. The molecule has 306 valence electrons. The fourth-order valence-electron chi connectivity index (χ4n) is 8.91. The molecular weight excluding hydrogens is 821 g/mol. The van der Waals surface area contributed by atoms with Crippen LogP contribution in [0.15, 0.2) is 164 Å².